The molecule has 1 saturated heterocycles. The first-order chi connectivity index (χ1) is 13.4. The molecule has 1 aliphatic heterocycles. The summed E-state index contributed by atoms with van der Waals surface area (Å²) < 4.78 is 10.8. The van der Waals surface area contributed by atoms with Crippen molar-refractivity contribution in [3.8, 4) is 11.5 Å². The zero-order chi connectivity index (χ0) is 20.3. The highest BCUT2D eigenvalue weighted by Gasteiger charge is 2.34. The number of rotatable bonds is 5. The summed E-state index contributed by atoms with van der Waals surface area (Å²) in [6.45, 7) is 0. The maximum absolute atomic E-state index is 12.8. The van der Waals surface area contributed by atoms with Gasteiger partial charge < -0.3 is 9.47 Å². The van der Waals surface area contributed by atoms with Crippen LogP contribution in [-0.4, -0.2) is 35.4 Å². The second-order valence-electron chi connectivity index (χ2n) is 5.55. The van der Waals surface area contributed by atoms with Gasteiger partial charge in [-0.15, -0.1) is 0 Å². The standard InChI is InChI=1S/C19H15ClN2O4S2/c1-25-12-7-8-15(26-2)11(9-12)10-16-18(24)22(19(27)28-16)21-17(23)13-5-3-4-6-14(13)20/h3-10H,1-2H3,(H,21,23). The number of halogens is 1. The number of thioether (sulfide) groups is 1. The van der Waals surface area contributed by atoms with Crippen molar-refractivity contribution in [1.29, 1.82) is 0 Å². The molecule has 1 aliphatic rings. The molecule has 0 radical (unpaired) electrons. The average molecular weight is 435 g/mol. The van der Waals surface area contributed by atoms with Crippen LogP contribution in [-0.2, 0) is 4.79 Å². The van der Waals surface area contributed by atoms with Crippen LogP contribution in [0.3, 0.4) is 0 Å². The Hall–Kier alpha value is -2.55. The molecule has 1 heterocycles. The molecule has 0 saturated carbocycles. The molecule has 0 unspecified atom stereocenters. The zero-order valence-corrected chi connectivity index (χ0v) is 17.3. The number of ether oxygens (including phenoxy) is 2. The summed E-state index contributed by atoms with van der Waals surface area (Å²) in [5.41, 5.74) is 3.40. The summed E-state index contributed by atoms with van der Waals surface area (Å²) >= 11 is 12.4. The van der Waals surface area contributed by atoms with Crippen LogP contribution in [0.15, 0.2) is 47.4 Å². The molecule has 2 aromatic rings. The van der Waals surface area contributed by atoms with Gasteiger partial charge in [0.2, 0.25) is 0 Å². The number of methoxy groups -OCH3 is 2. The SMILES string of the molecule is COc1ccc(OC)c(C=C2SC(=S)N(NC(=O)c3ccccc3Cl)C2=O)c1. The summed E-state index contributed by atoms with van der Waals surface area (Å²) in [5.74, 6) is 0.225. The van der Waals surface area contributed by atoms with Crippen LogP contribution in [0.25, 0.3) is 6.08 Å². The second-order valence-corrected chi connectivity index (χ2v) is 7.63. The minimum absolute atomic E-state index is 0.207. The molecule has 2 amide bonds. The first kappa shape index (κ1) is 20.2. The number of amides is 2. The molecule has 6 nitrogen and oxygen atoms in total. The fourth-order valence-corrected chi connectivity index (χ4v) is 3.86. The van der Waals surface area contributed by atoms with Gasteiger partial charge in [0.15, 0.2) is 4.32 Å². The molecule has 1 fully saturated rings. The van der Waals surface area contributed by atoms with Crippen molar-refractivity contribution < 1.29 is 19.1 Å². The smallest absolute Gasteiger partial charge is 0.285 e. The predicted molar refractivity (Wildman–Crippen MR) is 113 cm³/mol. The predicted octanol–water partition coefficient (Wildman–Crippen LogP) is 3.90. The lowest BCUT2D eigenvalue weighted by Gasteiger charge is -2.16. The van der Waals surface area contributed by atoms with E-state index in [2.05, 4.69) is 5.43 Å². The summed E-state index contributed by atoms with van der Waals surface area (Å²) in [5, 5.41) is 1.31. The van der Waals surface area contributed by atoms with Crippen molar-refractivity contribution in [2.24, 2.45) is 0 Å². The first-order valence-electron chi connectivity index (χ1n) is 8.00. The molecule has 9 heteroatoms. The third-order valence-electron chi connectivity index (χ3n) is 3.85. The lowest BCUT2D eigenvalue weighted by molar-refractivity contribution is -0.123. The van der Waals surface area contributed by atoms with Gasteiger partial charge in [0.25, 0.3) is 11.8 Å². The number of hydrogen-bond acceptors (Lipinski definition) is 6. The van der Waals surface area contributed by atoms with Crippen LogP contribution in [0.1, 0.15) is 15.9 Å². The molecule has 3 rings (SSSR count). The van der Waals surface area contributed by atoms with Gasteiger partial charge in [0.1, 0.15) is 11.5 Å². The number of hydrogen-bond donors (Lipinski definition) is 1. The first-order valence-corrected chi connectivity index (χ1v) is 9.60. The minimum Gasteiger partial charge on any atom is -0.497 e. The summed E-state index contributed by atoms with van der Waals surface area (Å²) in [7, 11) is 3.09. The van der Waals surface area contributed by atoms with Crippen LogP contribution < -0.4 is 14.9 Å². The molecule has 1 N–H and O–H groups in total. The Labute approximate surface area is 176 Å². The lowest BCUT2D eigenvalue weighted by atomic mass is 10.1. The molecule has 0 bridgehead atoms. The molecule has 0 aliphatic carbocycles. The fraction of sp³-hybridized carbons (Fsp3) is 0.105. The van der Waals surface area contributed by atoms with Gasteiger partial charge in [0, 0.05) is 5.56 Å². The second kappa shape index (κ2) is 8.64. The van der Waals surface area contributed by atoms with Gasteiger partial charge in [-0.2, -0.15) is 5.01 Å². The Morgan fingerprint density at radius 1 is 1.21 bits per heavy atom. The fourth-order valence-electron chi connectivity index (χ4n) is 2.46. The van der Waals surface area contributed by atoms with E-state index < -0.39 is 11.8 Å². The van der Waals surface area contributed by atoms with E-state index in [4.69, 9.17) is 33.3 Å². The number of nitrogens with zero attached hydrogens (tertiary/aromatic N) is 1. The molecule has 2 aromatic carbocycles. The number of carbonyl (C=O) groups is 2. The van der Waals surface area contributed by atoms with E-state index in [-0.39, 0.29) is 14.9 Å². The maximum atomic E-state index is 12.8. The van der Waals surface area contributed by atoms with Crippen LogP contribution >= 0.6 is 35.6 Å². The Morgan fingerprint density at radius 3 is 2.64 bits per heavy atom. The van der Waals surface area contributed by atoms with E-state index in [9.17, 15) is 9.59 Å². The minimum atomic E-state index is -0.526. The van der Waals surface area contributed by atoms with Crippen LogP contribution in [0, 0.1) is 0 Å². The van der Waals surface area contributed by atoms with E-state index in [1.165, 1.54) is 7.11 Å². The van der Waals surface area contributed by atoms with E-state index >= 15 is 0 Å². The summed E-state index contributed by atoms with van der Waals surface area (Å²) in [6.07, 6.45) is 1.64. The lowest BCUT2D eigenvalue weighted by Crippen LogP contribution is -2.44. The van der Waals surface area contributed by atoms with Gasteiger partial charge in [-0.1, -0.05) is 35.5 Å². The van der Waals surface area contributed by atoms with Crippen LogP contribution in [0.5, 0.6) is 11.5 Å². The topological polar surface area (TPSA) is 67.9 Å². The Balaban J connectivity index is 1.85. The molecular formula is C19H15ClN2O4S2. The van der Waals surface area contributed by atoms with E-state index in [0.29, 0.717) is 22.0 Å². The van der Waals surface area contributed by atoms with Crippen molar-refractivity contribution in [2.75, 3.05) is 14.2 Å². The van der Waals surface area contributed by atoms with Gasteiger partial charge in [0.05, 0.1) is 29.7 Å². The maximum Gasteiger partial charge on any atom is 0.285 e. The van der Waals surface area contributed by atoms with E-state index in [1.54, 1.807) is 55.7 Å². The molecule has 28 heavy (non-hydrogen) atoms. The number of carbonyl (C=O) groups excluding carboxylic acids is 2. The number of hydrazine groups is 1. The zero-order valence-electron chi connectivity index (χ0n) is 14.9. The summed E-state index contributed by atoms with van der Waals surface area (Å²) in [6, 6.07) is 11.8. The third-order valence-corrected chi connectivity index (χ3v) is 5.48. The molecule has 0 aromatic heterocycles. The molecule has 144 valence electrons. The Morgan fingerprint density at radius 2 is 1.96 bits per heavy atom. The molecule has 0 atom stereocenters. The van der Waals surface area contributed by atoms with E-state index in [0.717, 1.165) is 16.8 Å². The Bertz CT molecular complexity index is 994. The normalized spacial score (nSPS) is 15.1. The Kier molecular flexibility index (Phi) is 6.23. The van der Waals surface area contributed by atoms with E-state index in [1.807, 2.05) is 0 Å². The van der Waals surface area contributed by atoms with Crippen molar-refractivity contribution in [2.45, 2.75) is 0 Å². The molecule has 0 spiro atoms. The van der Waals surface area contributed by atoms with Crippen molar-refractivity contribution >= 4 is 57.8 Å². The number of thiocarbonyl (C=S) groups is 1. The highest BCUT2D eigenvalue weighted by atomic mass is 35.5. The largest absolute Gasteiger partial charge is 0.497 e. The van der Waals surface area contributed by atoms with Crippen molar-refractivity contribution in [3.63, 3.8) is 0 Å². The van der Waals surface area contributed by atoms with Gasteiger partial charge >= 0.3 is 0 Å². The highest BCUT2D eigenvalue weighted by Crippen LogP contribution is 2.34. The van der Waals surface area contributed by atoms with Crippen LogP contribution in [0.4, 0.5) is 0 Å². The van der Waals surface area contributed by atoms with Crippen molar-refractivity contribution in [1.82, 2.24) is 10.4 Å². The quantitative estimate of drug-likeness (QED) is 0.568. The average Bonchev–Trinajstić information content (AvgIpc) is 2.95. The summed E-state index contributed by atoms with van der Waals surface area (Å²) in [4.78, 5) is 25.5. The van der Waals surface area contributed by atoms with Gasteiger partial charge in [-0.05, 0) is 48.6 Å². The van der Waals surface area contributed by atoms with Crippen LogP contribution in [0.2, 0.25) is 5.02 Å². The monoisotopic (exact) mass is 434 g/mol. The van der Waals surface area contributed by atoms with Gasteiger partial charge in [-0.3, -0.25) is 15.0 Å². The highest BCUT2D eigenvalue weighted by molar-refractivity contribution is 8.26. The molecular weight excluding hydrogens is 420 g/mol. The number of benzene rings is 2. The third kappa shape index (κ3) is 4.14. The van der Waals surface area contributed by atoms with Gasteiger partial charge in [-0.25, -0.2) is 0 Å². The van der Waals surface area contributed by atoms with Crippen molar-refractivity contribution in [3.05, 3.63) is 63.5 Å². The number of nitrogens with one attached hydrogen (secondary N) is 1.